The topological polar surface area (TPSA) is 142 Å². The molecule has 1 aliphatic heterocycles. The highest BCUT2D eigenvalue weighted by Crippen LogP contribution is 2.43. The summed E-state index contributed by atoms with van der Waals surface area (Å²) in [5.41, 5.74) is 1.45. The monoisotopic (exact) mass is 474 g/mol. The number of aliphatic hydroxyl groups excluding tert-OH is 2. The Bertz CT molecular complexity index is 890. The Balaban J connectivity index is 1.46. The first-order chi connectivity index (χ1) is 15.0. The van der Waals surface area contributed by atoms with Crippen LogP contribution in [0, 0.1) is 0 Å². The molecule has 1 aliphatic carbocycles. The Hall–Kier alpha value is -1.10. The second-order valence-corrected chi connectivity index (χ2v) is 9.89. The number of nitrogens with one attached hydrogen (secondary N) is 1. The van der Waals surface area contributed by atoms with Crippen LogP contribution in [0.5, 0.6) is 0 Å². The summed E-state index contributed by atoms with van der Waals surface area (Å²) in [6, 6.07) is 2.18. The van der Waals surface area contributed by atoms with Crippen LogP contribution in [0.1, 0.15) is 50.2 Å². The van der Waals surface area contributed by atoms with Crippen LogP contribution in [0.25, 0.3) is 5.65 Å². The molecule has 2 aromatic heterocycles. The number of hydrogen-bond acceptors (Lipinski definition) is 9. The van der Waals surface area contributed by atoms with Crippen LogP contribution in [0.2, 0.25) is 5.15 Å². The lowest BCUT2D eigenvalue weighted by atomic mass is 10.1. The lowest BCUT2D eigenvalue weighted by Gasteiger charge is -2.31. The molecule has 2 aromatic rings. The number of aromatic nitrogens is 3. The molecule has 10 nitrogen and oxygen atoms in total. The van der Waals surface area contributed by atoms with Gasteiger partial charge in [0, 0.05) is 17.7 Å². The highest BCUT2D eigenvalue weighted by atomic mass is 35.5. The average molecular weight is 475 g/mol. The molecule has 0 spiro atoms. The normalized spacial score (nSPS) is 22.8. The van der Waals surface area contributed by atoms with E-state index >= 15 is 0 Å². The fourth-order valence-corrected chi connectivity index (χ4v) is 4.82. The van der Waals surface area contributed by atoms with Gasteiger partial charge in [0.2, 0.25) is 8.38 Å². The Labute approximate surface area is 186 Å². The second kappa shape index (κ2) is 9.80. The first kappa shape index (κ1) is 23.1. The Morgan fingerprint density at radius 3 is 2.65 bits per heavy atom. The van der Waals surface area contributed by atoms with Gasteiger partial charge >= 0.3 is 0 Å². The van der Waals surface area contributed by atoms with Crippen LogP contribution in [-0.4, -0.2) is 71.9 Å². The molecule has 4 rings (SSSR count). The maximum atomic E-state index is 9.51. The van der Waals surface area contributed by atoms with Gasteiger partial charge in [-0.05, 0) is 25.7 Å². The number of fused-ring (bicyclic) bond motifs is 1. The minimum absolute atomic E-state index is 0.0133. The number of aliphatic hydroxyl groups is 2. The Morgan fingerprint density at radius 2 is 1.97 bits per heavy atom. The molecule has 3 heterocycles. The van der Waals surface area contributed by atoms with E-state index in [4.69, 9.17) is 21.1 Å². The zero-order valence-electron chi connectivity index (χ0n) is 17.0. The average Bonchev–Trinajstić information content (AvgIpc) is 3.49. The van der Waals surface area contributed by atoms with Gasteiger partial charge in [-0.25, -0.2) is 4.98 Å². The van der Waals surface area contributed by atoms with Crippen LogP contribution < -0.4 is 5.32 Å². The summed E-state index contributed by atoms with van der Waals surface area (Å²) in [4.78, 5) is 23.5. The molecule has 12 heteroatoms. The van der Waals surface area contributed by atoms with Gasteiger partial charge < -0.3 is 34.8 Å². The van der Waals surface area contributed by atoms with Gasteiger partial charge in [0.05, 0.1) is 38.2 Å². The summed E-state index contributed by atoms with van der Waals surface area (Å²) in [5.74, 6) is 0.806. The number of ether oxygens (including phenoxy) is 2. The number of anilines is 1. The van der Waals surface area contributed by atoms with Crippen molar-refractivity contribution in [2.45, 2.75) is 62.1 Å². The molecule has 2 aliphatic rings. The molecule has 1 saturated heterocycles. The SMILES string of the molecule is OCC(CO)(OC[C@@H]1CC[C@H](c2cnn3c(NC4CCCC4)cc(Cl)nc23)O1)P(O)O. The summed E-state index contributed by atoms with van der Waals surface area (Å²) >= 11 is 6.29. The smallest absolute Gasteiger partial charge is 0.204 e. The summed E-state index contributed by atoms with van der Waals surface area (Å²) in [6.07, 6.45) is 7.17. The summed E-state index contributed by atoms with van der Waals surface area (Å²) in [7, 11) is -2.68. The third-order valence-electron chi connectivity index (χ3n) is 6.03. The molecule has 0 bridgehead atoms. The van der Waals surface area contributed by atoms with E-state index in [-0.39, 0.29) is 18.8 Å². The number of rotatable bonds is 9. The fourth-order valence-electron chi connectivity index (χ4n) is 4.19. The molecular weight excluding hydrogens is 447 g/mol. The van der Waals surface area contributed by atoms with Gasteiger partial charge in [0.1, 0.15) is 11.0 Å². The van der Waals surface area contributed by atoms with Gasteiger partial charge in [0.15, 0.2) is 11.0 Å². The van der Waals surface area contributed by atoms with E-state index in [2.05, 4.69) is 15.4 Å². The first-order valence-corrected chi connectivity index (χ1v) is 12.1. The van der Waals surface area contributed by atoms with Crippen molar-refractivity contribution >= 4 is 31.4 Å². The van der Waals surface area contributed by atoms with E-state index < -0.39 is 26.9 Å². The Kier molecular flexibility index (Phi) is 7.30. The standard InChI is InChI=1S/C19H28ClN4O6P/c20-16-7-17(22-12-3-1-2-4-12)24-18(23-16)14(8-21-24)15-6-5-13(30-15)9-29-19(10-25,11-26)31(27)28/h7-8,12-13,15,22,25-28H,1-6,9-11H2/t13-,15+/m0/s1. The van der Waals surface area contributed by atoms with Crippen molar-refractivity contribution < 1.29 is 29.5 Å². The molecule has 2 atom stereocenters. The van der Waals surface area contributed by atoms with Gasteiger partial charge in [0.25, 0.3) is 0 Å². The minimum atomic E-state index is -2.68. The molecule has 172 valence electrons. The predicted octanol–water partition coefficient (Wildman–Crippen LogP) is 1.95. The van der Waals surface area contributed by atoms with Crippen molar-refractivity contribution in [2.24, 2.45) is 0 Å². The van der Waals surface area contributed by atoms with Crippen molar-refractivity contribution in [1.29, 1.82) is 0 Å². The molecule has 2 fully saturated rings. The van der Waals surface area contributed by atoms with E-state index in [1.807, 2.05) is 0 Å². The number of halogens is 1. The largest absolute Gasteiger partial charge is 0.393 e. The van der Waals surface area contributed by atoms with Gasteiger partial charge in [-0.3, -0.25) is 0 Å². The van der Waals surface area contributed by atoms with E-state index in [1.165, 1.54) is 12.8 Å². The van der Waals surface area contributed by atoms with Crippen molar-refractivity contribution in [1.82, 2.24) is 14.6 Å². The lowest BCUT2D eigenvalue weighted by molar-refractivity contribution is -0.0971. The van der Waals surface area contributed by atoms with Gasteiger partial charge in [-0.2, -0.15) is 9.61 Å². The quantitative estimate of drug-likeness (QED) is 0.272. The zero-order valence-corrected chi connectivity index (χ0v) is 18.7. The molecule has 31 heavy (non-hydrogen) atoms. The predicted molar refractivity (Wildman–Crippen MR) is 115 cm³/mol. The van der Waals surface area contributed by atoms with Gasteiger partial charge in [-0.15, -0.1) is 0 Å². The van der Waals surface area contributed by atoms with Crippen molar-refractivity contribution in [3.63, 3.8) is 0 Å². The number of hydrogen-bond donors (Lipinski definition) is 5. The third kappa shape index (κ3) is 4.82. The van der Waals surface area contributed by atoms with Crippen molar-refractivity contribution in [3.8, 4) is 0 Å². The third-order valence-corrected chi connectivity index (χ3v) is 7.36. The fraction of sp³-hybridized carbons (Fsp3) is 0.684. The molecular formula is C19H28ClN4O6P. The minimum Gasteiger partial charge on any atom is -0.393 e. The van der Waals surface area contributed by atoms with Crippen LogP contribution >= 0.6 is 20.0 Å². The maximum absolute atomic E-state index is 9.51. The summed E-state index contributed by atoms with van der Waals surface area (Å²) < 4.78 is 13.3. The van der Waals surface area contributed by atoms with E-state index in [0.29, 0.717) is 29.7 Å². The van der Waals surface area contributed by atoms with Crippen LogP contribution in [0.3, 0.4) is 0 Å². The molecule has 5 N–H and O–H groups in total. The van der Waals surface area contributed by atoms with Crippen LogP contribution in [0.4, 0.5) is 5.82 Å². The van der Waals surface area contributed by atoms with Gasteiger partial charge in [-0.1, -0.05) is 24.4 Å². The summed E-state index contributed by atoms with van der Waals surface area (Å²) in [6.45, 7) is -1.39. The van der Waals surface area contributed by atoms with Crippen molar-refractivity contribution in [2.75, 3.05) is 25.1 Å². The van der Waals surface area contributed by atoms with Crippen molar-refractivity contribution in [3.05, 3.63) is 23.0 Å². The number of nitrogens with zero attached hydrogens (tertiary/aromatic N) is 3. The maximum Gasteiger partial charge on any atom is 0.204 e. The van der Waals surface area contributed by atoms with Crippen LogP contribution in [-0.2, 0) is 9.47 Å². The van der Waals surface area contributed by atoms with E-state index in [9.17, 15) is 20.0 Å². The molecule has 0 radical (unpaired) electrons. The summed E-state index contributed by atoms with van der Waals surface area (Å²) in [5, 5.41) is 25.5. The zero-order chi connectivity index (χ0) is 22.0. The Morgan fingerprint density at radius 1 is 1.23 bits per heavy atom. The van der Waals surface area contributed by atoms with E-state index in [1.54, 1.807) is 16.8 Å². The highest BCUT2D eigenvalue weighted by molar-refractivity contribution is 7.46. The molecule has 0 unspecified atom stereocenters. The molecule has 1 saturated carbocycles. The molecule has 0 aromatic carbocycles. The highest BCUT2D eigenvalue weighted by Gasteiger charge is 2.40. The van der Waals surface area contributed by atoms with E-state index in [0.717, 1.165) is 24.2 Å². The first-order valence-electron chi connectivity index (χ1n) is 10.5. The molecule has 0 amide bonds. The van der Waals surface area contributed by atoms with Crippen LogP contribution in [0.15, 0.2) is 12.3 Å². The second-order valence-electron chi connectivity index (χ2n) is 8.11. The lowest BCUT2D eigenvalue weighted by Crippen LogP contribution is -2.40.